The highest BCUT2D eigenvalue weighted by molar-refractivity contribution is 5.94. The Kier molecular flexibility index (Phi) is 7.43. The van der Waals surface area contributed by atoms with Crippen LogP contribution in [0.15, 0.2) is 10.3 Å². The smallest absolute Gasteiger partial charge is 0.303 e. The van der Waals surface area contributed by atoms with Gasteiger partial charge in [-0.2, -0.15) is 0 Å². The molecule has 1 N–H and O–H groups in total. The first-order chi connectivity index (χ1) is 11.3. The van der Waals surface area contributed by atoms with Gasteiger partial charge >= 0.3 is 11.9 Å². The number of ether oxygens (including phenoxy) is 4. The first kappa shape index (κ1) is 19.7. The molecule has 4 atom stereocenters. The maximum atomic E-state index is 11.3. The predicted octanol–water partition coefficient (Wildman–Crippen LogP) is 1.14. The maximum absolute atomic E-state index is 11.3. The van der Waals surface area contributed by atoms with E-state index < -0.39 is 36.5 Å². The van der Waals surface area contributed by atoms with Crippen LogP contribution < -0.4 is 0 Å². The van der Waals surface area contributed by atoms with Gasteiger partial charge in [0.15, 0.2) is 0 Å². The van der Waals surface area contributed by atoms with E-state index in [2.05, 4.69) is 15.2 Å². The van der Waals surface area contributed by atoms with Gasteiger partial charge in [0, 0.05) is 18.8 Å². The minimum atomic E-state index is -1.18. The third kappa shape index (κ3) is 5.37. The van der Waals surface area contributed by atoms with Crippen LogP contribution in [0.1, 0.15) is 27.7 Å². The van der Waals surface area contributed by atoms with Crippen molar-refractivity contribution in [3.05, 3.63) is 10.4 Å². The van der Waals surface area contributed by atoms with Crippen LogP contribution in [0.5, 0.6) is 0 Å². The second-order valence-electron chi connectivity index (χ2n) is 5.24. The standard InChI is InChI=1S/C13H20N4O7/c1-6(2)22-13-11(16-20)10(15-17-14)12(23-8(4)19)9(24-13)5-21-7(3)18/h6,9-10,12-13,20H,5H2,1-4H3/b16-11-/t9-,10-,12-,13+/m1/s1. The Morgan fingerprint density at radius 1 is 1.38 bits per heavy atom. The number of rotatable bonds is 6. The average molecular weight is 344 g/mol. The third-order valence-corrected chi connectivity index (χ3v) is 2.96. The zero-order valence-electron chi connectivity index (χ0n) is 13.8. The highest BCUT2D eigenvalue weighted by Crippen LogP contribution is 2.26. The van der Waals surface area contributed by atoms with Crippen molar-refractivity contribution in [1.82, 2.24) is 0 Å². The Morgan fingerprint density at radius 2 is 2.04 bits per heavy atom. The maximum Gasteiger partial charge on any atom is 0.303 e. The van der Waals surface area contributed by atoms with E-state index in [4.69, 9.17) is 24.5 Å². The van der Waals surface area contributed by atoms with Crippen LogP contribution in [0.25, 0.3) is 10.4 Å². The average Bonchev–Trinajstić information content (AvgIpc) is 2.47. The fourth-order valence-corrected chi connectivity index (χ4v) is 2.12. The first-order valence-corrected chi connectivity index (χ1v) is 7.17. The molecule has 0 bridgehead atoms. The van der Waals surface area contributed by atoms with Crippen molar-refractivity contribution in [1.29, 1.82) is 0 Å². The van der Waals surface area contributed by atoms with E-state index in [1.165, 1.54) is 6.92 Å². The fourth-order valence-electron chi connectivity index (χ4n) is 2.12. The molecule has 1 aliphatic rings. The second-order valence-corrected chi connectivity index (χ2v) is 5.24. The van der Waals surface area contributed by atoms with E-state index in [1.54, 1.807) is 13.8 Å². The molecule has 0 unspecified atom stereocenters. The Labute approximate surface area is 138 Å². The molecule has 0 radical (unpaired) electrons. The largest absolute Gasteiger partial charge is 0.463 e. The Bertz CT molecular complexity index is 544. The topological polar surface area (TPSA) is 152 Å². The number of hydrogen-bond donors (Lipinski definition) is 1. The van der Waals surface area contributed by atoms with Crippen molar-refractivity contribution >= 4 is 17.7 Å². The van der Waals surface area contributed by atoms with Gasteiger partial charge in [-0.3, -0.25) is 9.59 Å². The molecular formula is C13H20N4O7. The summed E-state index contributed by atoms with van der Waals surface area (Å²) < 4.78 is 21.1. The SMILES string of the molecule is CC(=O)OC[C@H]1O[C@H](OC(C)C)/C(=N\O)[C@@H](N=[N+]=[N-])[C@@H]1OC(C)=O. The molecule has 24 heavy (non-hydrogen) atoms. The van der Waals surface area contributed by atoms with E-state index >= 15 is 0 Å². The molecule has 1 rings (SSSR count). The zero-order valence-corrected chi connectivity index (χ0v) is 13.8. The summed E-state index contributed by atoms with van der Waals surface area (Å²) in [5.74, 6) is -1.24. The summed E-state index contributed by atoms with van der Waals surface area (Å²) >= 11 is 0. The summed E-state index contributed by atoms with van der Waals surface area (Å²) in [4.78, 5) is 25.1. The second kappa shape index (κ2) is 9.06. The predicted molar refractivity (Wildman–Crippen MR) is 79.2 cm³/mol. The van der Waals surface area contributed by atoms with Crippen molar-refractivity contribution in [2.45, 2.75) is 58.3 Å². The number of hydrogen-bond acceptors (Lipinski definition) is 9. The summed E-state index contributed by atoms with van der Waals surface area (Å²) in [6, 6.07) is -1.18. The van der Waals surface area contributed by atoms with Gasteiger partial charge in [-0.05, 0) is 19.4 Å². The minimum Gasteiger partial charge on any atom is -0.463 e. The molecule has 0 spiro atoms. The molecule has 0 aromatic rings. The van der Waals surface area contributed by atoms with Gasteiger partial charge in [-0.25, -0.2) is 0 Å². The molecule has 0 aliphatic carbocycles. The molecule has 0 saturated carbocycles. The summed E-state index contributed by atoms with van der Waals surface area (Å²) in [5.41, 5.74) is 8.62. The van der Waals surface area contributed by atoms with E-state index in [9.17, 15) is 14.8 Å². The molecule has 1 saturated heterocycles. The van der Waals surface area contributed by atoms with E-state index in [0.717, 1.165) is 6.92 Å². The molecule has 1 aliphatic heterocycles. The van der Waals surface area contributed by atoms with Crippen LogP contribution in [0.2, 0.25) is 0 Å². The quantitative estimate of drug-likeness (QED) is 0.189. The molecule has 0 amide bonds. The number of nitrogens with zero attached hydrogens (tertiary/aromatic N) is 4. The monoisotopic (exact) mass is 344 g/mol. The van der Waals surface area contributed by atoms with Gasteiger partial charge in [0.25, 0.3) is 0 Å². The summed E-state index contributed by atoms with van der Waals surface area (Å²) in [7, 11) is 0. The molecule has 134 valence electrons. The number of oxime groups is 1. The number of esters is 2. The van der Waals surface area contributed by atoms with Gasteiger partial charge in [-0.1, -0.05) is 10.3 Å². The lowest BCUT2D eigenvalue weighted by molar-refractivity contribution is -0.211. The molecule has 1 fully saturated rings. The summed E-state index contributed by atoms with van der Waals surface area (Å²) in [6.07, 6.45) is -3.57. The van der Waals surface area contributed by atoms with Crippen molar-refractivity contribution in [3.8, 4) is 0 Å². The van der Waals surface area contributed by atoms with Gasteiger partial charge in [-0.15, -0.1) is 0 Å². The Balaban J connectivity index is 3.19. The van der Waals surface area contributed by atoms with E-state index in [0.29, 0.717) is 0 Å². The Hall–Kier alpha value is -2.36. The number of azide groups is 1. The van der Waals surface area contributed by atoms with Crippen molar-refractivity contribution in [2.75, 3.05) is 6.61 Å². The van der Waals surface area contributed by atoms with Crippen molar-refractivity contribution in [2.24, 2.45) is 10.3 Å². The van der Waals surface area contributed by atoms with Gasteiger partial charge in [0.05, 0.1) is 6.10 Å². The Morgan fingerprint density at radius 3 is 2.50 bits per heavy atom. The van der Waals surface area contributed by atoms with Crippen LogP contribution in [0.4, 0.5) is 0 Å². The van der Waals surface area contributed by atoms with Crippen molar-refractivity contribution < 1.29 is 33.7 Å². The number of carbonyl (C=O) groups excluding carboxylic acids is 2. The molecule has 11 heteroatoms. The normalized spacial score (nSPS) is 28.3. The highest BCUT2D eigenvalue weighted by Gasteiger charge is 2.47. The van der Waals surface area contributed by atoms with Crippen LogP contribution in [0.3, 0.4) is 0 Å². The minimum absolute atomic E-state index is 0.146. The lowest BCUT2D eigenvalue weighted by Gasteiger charge is -2.39. The molecular weight excluding hydrogens is 324 g/mol. The summed E-state index contributed by atoms with van der Waals surface area (Å²) in [5, 5.41) is 15.8. The molecule has 0 aromatic carbocycles. The molecule has 0 aromatic heterocycles. The van der Waals surface area contributed by atoms with E-state index in [-0.39, 0.29) is 18.4 Å². The van der Waals surface area contributed by atoms with Crippen molar-refractivity contribution in [3.63, 3.8) is 0 Å². The van der Waals surface area contributed by atoms with Gasteiger partial charge in [0.2, 0.25) is 6.29 Å². The third-order valence-electron chi connectivity index (χ3n) is 2.96. The zero-order chi connectivity index (χ0) is 18.3. The molecule has 1 heterocycles. The highest BCUT2D eigenvalue weighted by atomic mass is 16.7. The van der Waals surface area contributed by atoms with E-state index in [1.807, 2.05) is 0 Å². The van der Waals surface area contributed by atoms with Crippen LogP contribution in [-0.4, -0.2) is 60.1 Å². The lowest BCUT2D eigenvalue weighted by atomic mass is 9.97. The van der Waals surface area contributed by atoms with Crippen LogP contribution >= 0.6 is 0 Å². The first-order valence-electron chi connectivity index (χ1n) is 7.17. The summed E-state index contributed by atoms with van der Waals surface area (Å²) in [6.45, 7) is 5.54. The van der Waals surface area contributed by atoms with Crippen LogP contribution in [0, 0.1) is 0 Å². The van der Waals surface area contributed by atoms with Crippen LogP contribution in [-0.2, 0) is 28.5 Å². The van der Waals surface area contributed by atoms with Gasteiger partial charge < -0.3 is 24.2 Å². The fraction of sp³-hybridized carbons (Fsp3) is 0.769. The molecule has 11 nitrogen and oxygen atoms in total. The van der Waals surface area contributed by atoms with Gasteiger partial charge in [0.1, 0.15) is 30.6 Å². The lowest BCUT2D eigenvalue weighted by Crippen LogP contribution is -2.58. The number of carbonyl (C=O) groups is 2.